The Balaban J connectivity index is 1.55. The topological polar surface area (TPSA) is 55.8 Å². The van der Waals surface area contributed by atoms with Crippen molar-refractivity contribution in [1.29, 1.82) is 0 Å². The monoisotopic (exact) mass is 434 g/mol. The number of carboxylic acid groups (broad SMARTS) is 1. The minimum Gasteiger partial charge on any atom is -0.490 e. The van der Waals surface area contributed by atoms with Crippen LogP contribution in [-0.2, 0) is 16.0 Å². The summed E-state index contributed by atoms with van der Waals surface area (Å²) in [6.45, 7) is 4.59. The first-order valence-electron chi connectivity index (χ1n) is 10.6. The zero-order valence-electron chi connectivity index (χ0n) is 18.3. The first-order valence-corrected chi connectivity index (χ1v) is 10.6. The van der Waals surface area contributed by atoms with Gasteiger partial charge in [0.25, 0.3) is 0 Å². The normalized spacial score (nSPS) is 12.4. The molecule has 3 aromatic rings. The van der Waals surface area contributed by atoms with Crippen molar-refractivity contribution in [3.63, 3.8) is 0 Å². The number of hydrogen-bond donors (Lipinski definition) is 1. The molecule has 0 aliphatic heterocycles. The number of hydrogen-bond acceptors (Lipinski definition) is 3. The van der Waals surface area contributed by atoms with Crippen LogP contribution >= 0.6 is 0 Å². The zero-order valence-corrected chi connectivity index (χ0v) is 18.3. The molecule has 166 valence electrons. The van der Waals surface area contributed by atoms with Crippen molar-refractivity contribution < 1.29 is 23.8 Å². The van der Waals surface area contributed by atoms with Crippen molar-refractivity contribution >= 4 is 11.5 Å². The molecule has 0 radical (unpaired) electrons. The number of aliphatic carboxylic acids is 1. The van der Waals surface area contributed by atoms with Crippen LogP contribution in [0.1, 0.15) is 25.0 Å². The summed E-state index contributed by atoms with van der Waals surface area (Å²) >= 11 is 0. The maximum Gasteiger partial charge on any atom is 0.333 e. The van der Waals surface area contributed by atoms with Crippen molar-refractivity contribution in [1.82, 2.24) is 0 Å². The van der Waals surface area contributed by atoms with Crippen molar-refractivity contribution in [2.75, 3.05) is 13.2 Å². The lowest BCUT2D eigenvalue weighted by molar-refractivity contribution is -0.149. The molecule has 1 N–H and O–H groups in total. The second-order valence-electron chi connectivity index (χ2n) is 7.41. The van der Waals surface area contributed by atoms with Gasteiger partial charge >= 0.3 is 5.97 Å². The molecule has 0 heterocycles. The van der Waals surface area contributed by atoms with E-state index in [4.69, 9.17) is 9.47 Å². The predicted octanol–water partition coefficient (Wildman–Crippen LogP) is 6.01. The fraction of sp³-hybridized carbons (Fsp3) is 0.222. The number of benzene rings is 3. The molecule has 0 bridgehead atoms. The van der Waals surface area contributed by atoms with Crippen molar-refractivity contribution in [2.45, 2.75) is 26.4 Å². The highest BCUT2D eigenvalue weighted by Crippen LogP contribution is 2.23. The third-order valence-corrected chi connectivity index (χ3v) is 5.15. The minimum absolute atomic E-state index is 0.242. The van der Waals surface area contributed by atoms with Crippen molar-refractivity contribution in [3.8, 4) is 16.9 Å². The summed E-state index contributed by atoms with van der Waals surface area (Å²) < 4.78 is 24.1. The largest absolute Gasteiger partial charge is 0.490 e. The smallest absolute Gasteiger partial charge is 0.333 e. The Bertz CT molecular complexity index is 1040. The van der Waals surface area contributed by atoms with Crippen LogP contribution in [0.5, 0.6) is 5.75 Å². The summed E-state index contributed by atoms with van der Waals surface area (Å²) in [6, 6.07) is 22.0. The standard InChI is InChI=1S/C27H27FO4/c1-3-31-26(27(29)30)18-20-4-14-25(15-5-20)32-17-16-19(2)21-6-8-22(9-7-21)23-10-12-24(28)13-11-23/h4-16,26H,3,17-18H2,1-2H3,(H,29,30)/b19-16-. The van der Waals surface area contributed by atoms with Crippen molar-refractivity contribution in [3.05, 3.63) is 95.8 Å². The molecule has 0 saturated carbocycles. The molecule has 3 aromatic carbocycles. The Morgan fingerprint density at radius 1 is 0.969 bits per heavy atom. The lowest BCUT2D eigenvalue weighted by Crippen LogP contribution is -2.26. The molecule has 0 aliphatic carbocycles. The third kappa shape index (κ3) is 6.53. The molecule has 1 unspecified atom stereocenters. The van der Waals surface area contributed by atoms with Crippen LogP contribution in [0.3, 0.4) is 0 Å². The summed E-state index contributed by atoms with van der Waals surface area (Å²) in [5, 5.41) is 9.20. The summed E-state index contributed by atoms with van der Waals surface area (Å²) in [6.07, 6.45) is 1.49. The second kappa shape index (κ2) is 11.3. The Morgan fingerprint density at radius 3 is 2.12 bits per heavy atom. The van der Waals surface area contributed by atoms with Gasteiger partial charge in [0.2, 0.25) is 0 Å². The number of halogens is 1. The highest BCUT2D eigenvalue weighted by molar-refractivity contribution is 5.72. The fourth-order valence-corrected chi connectivity index (χ4v) is 3.30. The van der Waals surface area contributed by atoms with E-state index in [0.29, 0.717) is 25.4 Å². The van der Waals surface area contributed by atoms with Gasteiger partial charge in [-0.05, 0) is 72.0 Å². The van der Waals surface area contributed by atoms with Gasteiger partial charge in [-0.1, -0.05) is 48.5 Å². The SMILES string of the molecule is CCOC(Cc1ccc(OC/C=C(/C)c2ccc(-c3ccc(F)cc3)cc2)cc1)C(=O)O. The van der Waals surface area contributed by atoms with Crippen LogP contribution in [-0.4, -0.2) is 30.4 Å². The van der Waals surface area contributed by atoms with Gasteiger partial charge in [-0.25, -0.2) is 9.18 Å². The van der Waals surface area contributed by atoms with E-state index in [1.54, 1.807) is 19.1 Å². The second-order valence-corrected chi connectivity index (χ2v) is 7.41. The highest BCUT2D eigenvalue weighted by atomic mass is 19.1. The van der Waals surface area contributed by atoms with Crippen LogP contribution in [0, 0.1) is 5.82 Å². The molecule has 32 heavy (non-hydrogen) atoms. The highest BCUT2D eigenvalue weighted by Gasteiger charge is 2.17. The maximum atomic E-state index is 13.1. The average Bonchev–Trinajstić information content (AvgIpc) is 2.80. The van der Waals surface area contributed by atoms with E-state index in [9.17, 15) is 14.3 Å². The third-order valence-electron chi connectivity index (χ3n) is 5.15. The number of allylic oxidation sites excluding steroid dienone is 1. The Morgan fingerprint density at radius 2 is 1.56 bits per heavy atom. The minimum atomic E-state index is -0.960. The molecule has 1 atom stereocenters. The van der Waals surface area contributed by atoms with Gasteiger partial charge < -0.3 is 14.6 Å². The predicted molar refractivity (Wildman–Crippen MR) is 124 cm³/mol. The molecule has 0 fully saturated rings. The molecule has 3 rings (SSSR count). The zero-order chi connectivity index (χ0) is 22.9. The van der Waals surface area contributed by atoms with Gasteiger partial charge in [0, 0.05) is 13.0 Å². The van der Waals surface area contributed by atoms with Gasteiger partial charge in [0.05, 0.1) is 0 Å². The molecule has 4 nitrogen and oxygen atoms in total. The molecular weight excluding hydrogens is 407 g/mol. The Labute approximate surface area is 187 Å². The lowest BCUT2D eigenvalue weighted by atomic mass is 10.0. The fourth-order valence-electron chi connectivity index (χ4n) is 3.30. The number of carboxylic acids is 1. The van der Waals surface area contributed by atoms with Gasteiger partial charge in [0.15, 0.2) is 6.10 Å². The summed E-state index contributed by atoms with van der Waals surface area (Å²) in [7, 11) is 0. The van der Waals surface area contributed by atoms with E-state index < -0.39 is 12.1 Å². The van der Waals surface area contributed by atoms with E-state index in [2.05, 4.69) is 0 Å². The average molecular weight is 435 g/mol. The molecule has 0 aliphatic rings. The summed E-state index contributed by atoms with van der Waals surface area (Å²) in [5.74, 6) is -0.486. The van der Waals surface area contributed by atoms with Crippen LogP contribution in [0.25, 0.3) is 16.7 Å². The van der Waals surface area contributed by atoms with Crippen LogP contribution in [0.2, 0.25) is 0 Å². The molecule has 0 spiro atoms. The number of rotatable bonds is 10. The lowest BCUT2D eigenvalue weighted by Gasteiger charge is -2.12. The van der Waals surface area contributed by atoms with E-state index in [0.717, 1.165) is 27.8 Å². The summed E-state index contributed by atoms with van der Waals surface area (Å²) in [4.78, 5) is 11.2. The molecule has 0 aromatic heterocycles. The maximum absolute atomic E-state index is 13.1. The first kappa shape index (κ1) is 23.2. The van der Waals surface area contributed by atoms with E-state index in [1.165, 1.54) is 12.1 Å². The van der Waals surface area contributed by atoms with E-state index in [-0.39, 0.29) is 5.82 Å². The van der Waals surface area contributed by atoms with Gasteiger partial charge in [-0.2, -0.15) is 0 Å². The number of carbonyl (C=O) groups is 1. The van der Waals surface area contributed by atoms with Crippen molar-refractivity contribution in [2.24, 2.45) is 0 Å². The molecule has 0 saturated heterocycles. The van der Waals surface area contributed by atoms with E-state index >= 15 is 0 Å². The molecule has 5 heteroatoms. The number of ether oxygens (including phenoxy) is 2. The Kier molecular flexibility index (Phi) is 8.17. The van der Waals surface area contributed by atoms with Gasteiger partial charge in [-0.15, -0.1) is 0 Å². The molecular formula is C27H27FO4. The van der Waals surface area contributed by atoms with Crippen LogP contribution < -0.4 is 4.74 Å². The van der Waals surface area contributed by atoms with Crippen LogP contribution in [0.4, 0.5) is 4.39 Å². The van der Waals surface area contributed by atoms with E-state index in [1.807, 2.05) is 61.5 Å². The first-order chi connectivity index (χ1) is 15.5. The van der Waals surface area contributed by atoms with Crippen LogP contribution in [0.15, 0.2) is 78.9 Å². The quantitative estimate of drug-likeness (QED) is 0.425. The summed E-state index contributed by atoms with van der Waals surface area (Å²) in [5.41, 5.74) is 5.07. The molecule has 0 amide bonds. The Hall–Kier alpha value is -3.44. The van der Waals surface area contributed by atoms with Gasteiger partial charge in [0.1, 0.15) is 18.2 Å². The van der Waals surface area contributed by atoms with Gasteiger partial charge in [-0.3, -0.25) is 0 Å².